The van der Waals surface area contributed by atoms with Gasteiger partial charge in [0.25, 0.3) is 5.91 Å². The molecule has 0 fully saturated rings. The van der Waals surface area contributed by atoms with Crippen molar-refractivity contribution in [1.82, 2.24) is 4.68 Å². The molecule has 7 nitrogen and oxygen atoms in total. The zero-order chi connectivity index (χ0) is 26.1. The van der Waals surface area contributed by atoms with Crippen molar-refractivity contribution < 1.29 is 14.4 Å². The smallest absolute Gasteiger partial charge is 0.320 e. The first-order valence-corrected chi connectivity index (χ1v) is 12.7. The summed E-state index contributed by atoms with van der Waals surface area (Å²) in [5.41, 5.74) is 8.30. The third kappa shape index (κ3) is 5.37. The Kier molecular flexibility index (Phi) is 7.33. The topological polar surface area (TPSA) is 92.2 Å². The highest BCUT2D eigenvalue weighted by atomic mass is 79.9. The minimum absolute atomic E-state index is 0.166. The summed E-state index contributed by atoms with van der Waals surface area (Å²) in [6.45, 7) is 7.66. The van der Waals surface area contributed by atoms with E-state index in [0.717, 1.165) is 31.2 Å². The van der Waals surface area contributed by atoms with Gasteiger partial charge in [-0.05, 0) is 96.7 Å². The molecule has 3 amide bonds. The van der Waals surface area contributed by atoms with E-state index in [9.17, 15) is 14.4 Å². The van der Waals surface area contributed by atoms with Gasteiger partial charge in [-0.3, -0.25) is 19.8 Å². The zero-order valence-electron chi connectivity index (χ0n) is 20.1. The van der Waals surface area contributed by atoms with E-state index in [4.69, 9.17) is 0 Å². The summed E-state index contributed by atoms with van der Waals surface area (Å²) >= 11 is 6.90. The molecule has 1 aromatic heterocycles. The number of nitrogens with zero attached hydrogens (tertiary/aromatic N) is 1. The van der Waals surface area contributed by atoms with E-state index in [0.29, 0.717) is 22.3 Å². The Labute approximate surface area is 225 Å². The molecule has 4 rings (SSSR count). The van der Waals surface area contributed by atoms with Crippen LogP contribution in [0.2, 0.25) is 0 Å². The van der Waals surface area contributed by atoms with Crippen LogP contribution < -0.4 is 16.1 Å². The van der Waals surface area contributed by atoms with E-state index in [1.807, 2.05) is 58.0 Å². The highest BCUT2D eigenvalue weighted by molar-refractivity contribution is 9.10. The number of halogens is 2. The van der Waals surface area contributed by atoms with Crippen LogP contribution in [0.5, 0.6) is 0 Å². The average Bonchev–Trinajstić information content (AvgIpc) is 3.15. The number of aryl methyl sites for hydroxylation is 4. The molecular formula is C27H24Br2N4O3. The molecule has 0 bridgehead atoms. The van der Waals surface area contributed by atoms with E-state index >= 15 is 0 Å². The number of benzene rings is 3. The van der Waals surface area contributed by atoms with Crippen molar-refractivity contribution >= 4 is 71.9 Å². The summed E-state index contributed by atoms with van der Waals surface area (Å²) in [5, 5.41) is 6.27. The van der Waals surface area contributed by atoms with Gasteiger partial charge in [0.05, 0.1) is 11.2 Å². The highest BCUT2D eigenvalue weighted by Gasteiger charge is 2.22. The maximum absolute atomic E-state index is 13.3. The Bertz CT molecular complexity index is 1520. The summed E-state index contributed by atoms with van der Waals surface area (Å²) in [5.74, 6) is -2.19. The Balaban J connectivity index is 1.65. The van der Waals surface area contributed by atoms with E-state index in [2.05, 4.69) is 47.9 Å². The van der Waals surface area contributed by atoms with E-state index in [-0.39, 0.29) is 5.69 Å². The molecule has 4 aromatic rings. The molecule has 184 valence electrons. The van der Waals surface area contributed by atoms with Crippen LogP contribution >= 0.6 is 31.9 Å². The highest BCUT2D eigenvalue weighted by Crippen LogP contribution is 2.27. The summed E-state index contributed by atoms with van der Waals surface area (Å²) in [7, 11) is 0. The van der Waals surface area contributed by atoms with Crippen LogP contribution in [0, 0.1) is 27.7 Å². The van der Waals surface area contributed by atoms with Crippen LogP contribution in [-0.4, -0.2) is 22.4 Å². The van der Waals surface area contributed by atoms with Gasteiger partial charge in [-0.25, -0.2) is 4.68 Å². The number of rotatable bonds is 4. The van der Waals surface area contributed by atoms with Gasteiger partial charge in [-0.1, -0.05) is 39.7 Å². The van der Waals surface area contributed by atoms with Gasteiger partial charge in [0.15, 0.2) is 0 Å². The van der Waals surface area contributed by atoms with Crippen molar-refractivity contribution in [2.45, 2.75) is 27.7 Å². The van der Waals surface area contributed by atoms with Gasteiger partial charge < -0.3 is 10.6 Å². The number of hydrogen-bond donors (Lipinski definition) is 3. The molecule has 0 radical (unpaired) electrons. The molecule has 36 heavy (non-hydrogen) atoms. The molecule has 0 saturated carbocycles. The van der Waals surface area contributed by atoms with Crippen molar-refractivity contribution in [3.63, 3.8) is 0 Å². The maximum atomic E-state index is 13.3. The van der Waals surface area contributed by atoms with Gasteiger partial charge in [-0.15, -0.1) is 0 Å². The summed E-state index contributed by atoms with van der Waals surface area (Å²) in [4.78, 5) is 39.0. The number of hydrogen-bond acceptors (Lipinski definition) is 3. The molecule has 0 spiro atoms. The first-order valence-electron chi connectivity index (χ1n) is 11.1. The van der Waals surface area contributed by atoms with Crippen molar-refractivity contribution in [3.8, 4) is 0 Å². The normalized spacial score (nSPS) is 10.8. The van der Waals surface area contributed by atoms with Crippen molar-refractivity contribution in [1.29, 1.82) is 0 Å². The lowest BCUT2D eigenvalue weighted by molar-refractivity contribution is -0.133. The van der Waals surface area contributed by atoms with E-state index in [1.165, 1.54) is 4.68 Å². The standard InChI is InChI=1S/C27H24Br2N4O3/c1-14-5-7-21(20(29)11-14)30-25(34)23-13-18-12-19(28)6-8-22(18)33(23)32-27(36)26(35)31-24-16(3)9-15(2)10-17(24)4/h5-13H,1-4H3,(H,30,34)(H,31,35)(H,32,36). The summed E-state index contributed by atoms with van der Waals surface area (Å²) < 4.78 is 2.87. The summed E-state index contributed by atoms with van der Waals surface area (Å²) in [6.07, 6.45) is 0. The Morgan fingerprint density at radius 3 is 2.11 bits per heavy atom. The average molecular weight is 612 g/mol. The van der Waals surface area contributed by atoms with Gasteiger partial charge in [0, 0.05) is 20.0 Å². The number of aromatic nitrogens is 1. The summed E-state index contributed by atoms with van der Waals surface area (Å²) in [6, 6.07) is 16.5. The SMILES string of the molecule is Cc1cc(C)c(NC(=O)C(=O)Nn2c(C(=O)Nc3ccc(C)cc3Br)cc3cc(Br)ccc32)c(C)c1. The van der Waals surface area contributed by atoms with Crippen LogP contribution in [0.25, 0.3) is 10.9 Å². The van der Waals surface area contributed by atoms with Gasteiger partial charge in [-0.2, -0.15) is 0 Å². The molecule has 0 atom stereocenters. The molecule has 0 aliphatic rings. The number of carbonyl (C=O) groups is 3. The molecular weight excluding hydrogens is 588 g/mol. The largest absolute Gasteiger partial charge is 0.328 e. The fourth-order valence-corrected chi connectivity index (χ4v) is 5.05. The monoisotopic (exact) mass is 610 g/mol. The van der Waals surface area contributed by atoms with Crippen molar-refractivity contribution in [2.24, 2.45) is 0 Å². The lowest BCUT2D eigenvalue weighted by atomic mass is 10.1. The molecule has 1 heterocycles. The first-order chi connectivity index (χ1) is 17.0. The maximum Gasteiger partial charge on any atom is 0.328 e. The molecule has 0 aliphatic carbocycles. The Morgan fingerprint density at radius 1 is 0.750 bits per heavy atom. The molecule has 0 saturated heterocycles. The lowest BCUT2D eigenvalue weighted by Crippen LogP contribution is -2.36. The minimum atomic E-state index is -0.902. The molecule has 3 N–H and O–H groups in total. The van der Waals surface area contributed by atoms with Crippen LogP contribution in [0.15, 0.2) is 63.5 Å². The van der Waals surface area contributed by atoms with Crippen LogP contribution in [0.1, 0.15) is 32.7 Å². The third-order valence-electron chi connectivity index (χ3n) is 5.70. The lowest BCUT2D eigenvalue weighted by Gasteiger charge is -2.15. The second-order valence-electron chi connectivity index (χ2n) is 8.67. The number of anilines is 2. The number of amides is 3. The Morgan fingerprint density at radius 2 is 1.44 bits per heavy atom. The number of nitrogens with one attached hydrogen (secondary N) is 3. The second-order valence-corrected chi connectivity index (χ2v) is 10.4. The second kappa shape index (κ2) is 10.3. The van der Waals surface area contributed by atoms with Crippen molar-refractivity contribution in [2.75, 3.05) is 16.1 Å². The fraction of sp³-hybridized carbons (Fsp3) is 0.148. The van der Waals surface area contributed by atoms with Crippen LogP contribution in [0.4, 0.5) is 11.4 Å². The minimum Gasteiger partial charge on any atom is -0.320 e. The molecule has 9 heteroatoms. The van der Waals surface area contributed by atoms with Gasteiger partial charge in [0.2, 0.25) is 0 Å². The van der Waals surface area contributed by atoms with Crippen molar-refractivity contribution in [3.05, 3.63) is 91.5 Å². The predicted octanol–water partition coefficient (Wildman–Crippen LogP) is 6.36. The first kappa shape index (κ1) is 25.7. The number of fused-ring (bicyclic) bond motifs is 1. The van der Waals surface area contributed by atoms with E-state index in [1.54, 1.807) is 24.3 Å². The van der Waals surface area contributed by atoms with Gasteiger partial charge in [0.1, 0.15) is 5.69 Å². The predicted molar refractivity (Wildman–Crippen MR) is 150 cm³/mol. The number of carbonyl (C=O) groups excluding carboxylic acids is 3. The molecule has 0 unspecified atom stereocenters. The quantitative estimate of drug-likeness (QED) is 0.234. The molecule has 3 aromatic carbocycles. The van der Waals surface area contributed by atoms with Crippen LogP contribution in [0.3, 0.4) is 0 Å². The fourth-order valence-electron chi connectivity index (χ4n) is 4.08. The zero-order valence-corrected chi connectivity index (χ0v) is 23.3. The molecule has 0 aliphatic heterocycles. The Hall–Kier alpha value is -3.43. The van der Waals surface area contributed by atoms with Crippen LogP contribution in [-0.2, 0) is 9.59 Å². The van der Waals surface area contributed by atoms with E-state index < -0.39 is 17.7 Å². The third-order valence-corrected chi connectivity index (χ3v) is 6.85. The van der Waals surface area contributed by atoms with Gasteiger partial charge >= 0.3 is 11.8 Å².